The van der Waals surface area contributed by atoms with Gasteiger partial charge in [-0.3, -0.25) is 14.9 Å². The van der Waals surface area contributed by atoms with Crippen molar-refractivity contribution >= 4 is 35.3 Å². The molecule has 0 aromatic carbocycles. The number of halogens is 1. The molecule has 0 saturated carbocycles. The molecule has 0 aliphatic carbocycles. The number of carbonyl (C=O) groups is 1. The number of carbonyl (C=O) groups excluding carboxylic acids is 1. The van der Waals surface area contributed by atoms with E-state index >= 15 is 0 Å². The Bertz CT molecular complexity index is 486. The first-order valence-electron chi connectivity index (χ1n) is 5.73. The SMILES string of the molecule is Cc1sc(C(=O)N(C)C2CCNC2)cc1[N+](=O)[O-].Cl. The van der Waals surface area contributed by atoms with Crippen molar-refractivity contribution < 1.29 is 9.72 Å². The molecule has 0 bridgehead atoms. The number of nitro groups is 1. The third-order valence-corrected chi connectivity index (χ3v) is 4.23. The third-order valence-electron chi connectivity index (χ3n) is 3.20. The summed E-state index contributed by atoms with van der Waals surface area (Å²) >= 11 is 1.18. The van der Waals surface area contributed by atoms with Gasteiger partial charge in [0, 0.05) is 25.7 Å². The van der Waals surface area contributed by atoms with E-state index < -0.39 is 4.92 Å². The monoisotopic (exact) mass is 305 g/mol. The van der Waals surface area contributed by atoms with Crippen LogP contribution in [-0.4, -0.2) is 41.9 Å². The maximum Gasteiger partial charge on any atom is 0.283 e. The number of nitrogens with one attached hydrogen (secondary N) is 1. The van der Waals surface area contributed by atoms with Crippen molar-refractivity contribution in [2.45, 2.75) is 19.4 Å². The predicted octanol–water partition coefficient (Wildman–Crippen LogP) is 1.82. The van der Waals surface area contributed by atoms with Gasteiger partial charge in [-0.1, -0.05) is 0 Å². The van der Waals surface area contributed by atoms with Crippen LogP contribution in [0.2, 0.25) is 0 Å². The van der Waals surface area contributed by atoms with E-state index in [9.17, 15) is 14.9 Å². The standard InChI is InChI=1S/C11H15N3O3S.ClH/c1-7-9(14(16)17)5-10(18-7)11(15)13(2)8-3-4-12-6-8;/h5,8,12H,3-4,6H2,1-2H3;1H. The van der Waals surface area contributed by atoms with E-state index in [2.05, 4.69) is 5.32 Å². The zero-order chi connectivity index (χ0) is 13.3. The lowest BCUT2D eigenvalue weighted by molar-refractivity contribution is -0.385. The number of thiophene rings is 1. The highest BCUT2D eigenvalue weighted by molar-refractivity contribution is 7.14. The first kappa shape index (κ1) is 15.9. The summed E-state index contributed by atoms with van der Waals surface area (Å²) in [6.07, 6.45) is 0.925. The number of hydrogen-bond donors (Lipinski definition) is 1. The van der Waals surface area contributed by atoms with Crippen LogP contribution in [0.5, 0.6) is 0 Å². The summed E-state index contributed by atoms with van der Waals surface area (Å²) in [5, 5.41) is 14.0. The third kappa shape index (κ3) is 3.23. The molecule has 1 N–H and O–H groups in total. The van der Waals surface area contributed by atoms with Gasteiger partial charge < -0.3 is 10.2 Å². The molecule has 1 aromatic heterocycles. The normalized spacial score (nSPS) is 17.9. The fourth-order valence-electron chi connectivity index (χ4n) is 2.07. The minimum atomic E-state index is -0.445. The van der Waals surface area contributed by atoms with Gasteiger partial charge in [0.05, 0.1) is 14.7 Å². The highest BCUT2D eigenvalue weighted by Gasteiger charge is 2.27. The molecule has 6 nitrogen and oxygen atoms in total. The lowest BCUT2D eigenvalue weighted by Gasteiger charge is -2.22. The van der Waals surface area contributed by atoms with Crippen molar-refractivity contribution in [3.63, 3.8) is 0 Å². The van der Waals surface area contributed by atoms with Crippen LogP contribution in [0.1, 0.15) is 21.0 Å². The number of aryl methyl sites for hydroxylation is 1. The van der Waals surface area contributed by atoms with Crippen LogP contribution >= 0.6 is 23.7 Å². The van der Waals surface area contributed by atoms with Gasteiger partial charge in [-0.2, -0.15) is 0 Å². The lowest BCUT2D eigenvalue weighted by Crippen LogP contribution is -2.37. The van der Waals surface area contributed by atoms with Crippen molar-refractivity contribution in [1.29, 1.82) is 0 Å². The fourth-order valence-corrected chi connectivity index (χ4v) is 3.04. The molecule has 8 heteroatoms. The van der Waals surface area contributed by atoms with Crippen molar-refractivity contribution in [3.05, 3.63) is 25.9 Å². The molecule has 1 unspecified atom stereocenters. The Kier molecular flexibility index (Phi) is 5.28. The zero-order valence-electron chi connectivity index (χ0n) is 10.7. The molecule has 1 aliphatic rings. The van der Waals surface area contributed by atoms with Gasteiger partial charge in [0.1, 0.15) is 0 Å². The van der Waals surface area contributed by atoms with Crippen molar-refractivity contribution in [2.75, 3.05) is 20.1 Å². The Morgan fingerprint density at radius 3 is 2.79 bits per heavy atom. The number of nitrogens with zero attached hydrogens (tertiary/aromatic N) is 2. The molecule has 1 amide bonds. The fraction of sp³-hybridized carbons (Fsp3) is 0.545. The van der Waals surface area contributed by atoms with Crippen LogP contribution < -0.4 is 5.32 Å². The Morgan fingerprint density at radius 2 is 2.32 bits per heavy atom. The highest BCUT2D eigenvalue weighted by Crippen LogP contribution is 2.29. The second-order valence-electron chi connectivity index (χ2n) is 4.37. The van der Waals surface area contributed by atoms with Gasteiger partial charge in [0.15, 0.2) is 0 Å². The topological polar surface area (TPSA) is 75.5 Å². The molecule has 1 aliphatic heterocycles. The van der Waals surface area contributed by atoms with Crippen LogP contribution in [0, 0.1) is 17.0 Å². The molecule has 1 fully saturated rings. The second kappa shape index (κ2) is 6.31. The zero-order valence-corrected chi connectivity index (χ0v) is 12.3. The van der Waals surface area contributed by atoms with E-state index in [1.807, 2.05) is 0 Å². The van der Waals surface area contributed by atoms with E-state index in [0.29, 0.717) is 9.75 Å². The molecular formula is C11H16ClN3O3S. The summed E-state index contributed by atoms with van der Waals surface area (Å²) in [7, 11) is 1.75. The maximum absolute atomic E-state index is 12.2. The van der Waals surface area contributed by atoms with Crippen LogP contribution in [0.3, 0.4) is 0 Å². The summed E-state index contributed by atoms with van der Waals surface area (Å²) in [4.78, 5) is 25.2. The first-order chi connectivity index (χ1) is 8.50. The Morgan fingerprint density at radius 1 is 1.63 bits per heavy atom. The van der Waals surface area contributed by atoms with Gasteiger partial charge in [-0.15, -0.1) is 23.7 Å². The van der Waals surface area contributed by atoms with Crippen LogP contribution in [-0.2, 0) is 0 Å². The van der Waals surface area contributed by atoms with E-state index in [-0.39, 0.29) is 30.0 Å². The van der Waals surface area contributed by atoms with E-state index in [1.165, 1.54) is 17.4 Å². The second-order valence-corrected chi connectivity index (χ2v) is 5.63. The van der Waals surface area contributed by atoms with E-state index in [0.717, 1.165) is 19.5 Å². The summed E-state index contributed by atoms with van der Waals surface area (Å²) < 4.78 is 0. The van der Waals surface area contributed by atoms with Gasteiger partial charge in [0.2, 0.25) is 0 Å². The largest absolute Gasteiger partial charge is 0.337 e. The molecular weight excluding hydrogens is 290 g/mol. The molecule has 1 atom stereocenters. The Hall–Kier alpha value is -1.18. The average molecular weight is 306 g/mol. The quantitative estimate of drug-likeness (QED) is 0.683. The number of rotatable bonds is 3. The minimum absolute atomic E-state index is 0. The van der Waals surface area contributed by atoms with Crippen molar-refractivity contribution in [1.82, 2.24) is 10.2 Å². The average Bonchev–Trinajstić information content (AvgIpc) is 2.95. The number of likely N-dealkylation sites (N-methyl/N-ethyl adjacent to an activating group) is 1. The minimum Gasteiger partial charge on any atom is -0.337 e. The molecule has 2 heterocycles. The molecule has 0 radical (unpaired) electrons. The Balaban J connectivity index is 0.00000180. The summed E-state index contributed by atoms with van der Waals surface area (Å²) in [5.41, 5.74) is 0.0290. The summed E-state index contributed by atoms with van der Waals surface area (Å²) in [6, 6.07) is 1.56. The van der Waals surface area contributed by atoms with Gasteiger partial charge in [0.25, 0.3) is 11.6 Å². The Labute approximate surface area is 121 Å². The van der Waals surface area contributed by atoms with E-state index in [1.54, 1.807) is 18.9 Å². The molecule has 19 heavy (non-hydrogen) atoms. The van der Waals surface area contributed by atoms with Crippen molar-refractivity contribution in [3.8, 4) is 0 Å². The number of hydrogen-bond acceptors (Lipinski definition) is 5. The molecule has 1 aromatic rings. The molecule has 0 spiro atoms. The molecule has 1 saturated heterocycles. The van der Waals surface area contributed by atoms with Gasteiger partial charge >= 0.3 is 0 Å². The van der Waals surface area contributed by atoms with Crippen LogP contribution in [0.15, 0.2) is 6.07 Å². The van der Waals surface area contributed by atoms with Crippen LogP contribution in [0.4, 0.5) is 5.69 Å². The van der Waals surface area contributed by atoms with Crippen molar-refractivity contribution in [2.24, 2.45) is 0 Å². The van der Waals surface area contributed by atoms with Crippen LogP contribution in [0.25, 0.3) is 0 Å². The summed E-state index contributed by atoms with van der Waals surface area (Å²) in [5.74, 6) is -0.134. The summed E-state index contributed by atoms with van der Waals surface area (Å²) in [6.45, 7) is 3.36. The van der Waals surface area contributed by atoms with E-state index in [4.69, 9.17) is 0 Å². The lowest BCUT2D eigenvalue weighted by atomic mass is 10.2. The predicted molar refractivity (Wildman–Crippen MR) is 76.3 cm³/mol. The molecule has 2 rings (SSSR count). The number of amides is 1. The van der Waals surface area contributed by atoms with Gasteiger partial charge in [-0.25, -0.2) is 0 Å². The molecule has 106 valence electrons. The first-order valence-corrected chi connectivity index (χ1v) is 6.55. The van der Waals surface area contributed by atoms with Gasteiger partial charge in [-0.05, 0) is 19.9 Å². The highest BCUT2D eigenvalue weighted by atomic mass is 35.5. The maximum atomic E-state index is 12.2. The smallest absolute Gasteiger partial charge is 0.283 e.